The summed E-state index contributed by atoms with van der Waals surface area (Å²) in [6, 6.07) is -0.530. The summed E-state index contributed by atoms with van der Waals surface area (Å²) in [7, 11) is 0. The maximum absolute atomic E-state index is 12.5. The molecule has 0 aromatic heterocycles. The summed E-state index contributed by atoms with van der Waals surface area (Å²) in [6.07, 6.45) is 60.7. The van der Waals surface area contributed by atoms with Crippen molar-refractivity contribution < 1.29 is 15.0 Å². The second-order valence-corrected chi connectivity index (χ2v) is 18.3. The Bertz CT molecular complexity index is 729. The van der Waals surface area contributed by atoms with E-state index in [0.717, 1.165) is 25.7 Å². The predicted molar refractivity (Wildman–Crippen MR) is 249 cm³/mol. The van der Waals surface area contributed by atoms with Crippen molar-refractivity contribution >= 4 is 5.91 Å². The first-order valence-corrected chi connectivity index (χ1v) is 26.2. The number of hydrogen-bond acceptors (Lipinski definition) is 3. The molecule has 0 radical (unpaired) electrons. The standard InChI is InChI=1S/C52H105NO3/c1-3-5-7-9-11-13-15-17-19-21-23-25-26-28-29-31-33-35-37-39-41-43-45-47-51(55)50(49-54)53-52(56)48-46-44-42-40-38-36-34-32-30-27-24-22-20-18-16-14-12-10-8-6-4-2/h50-51,54-55H,3-49H2,1-2H3,(H,53,56). The van der Waals surface area contributed by atoms with Crippen molar-refractivity contribution in [3.8, 4) is 0 Å². The number of aliphatic hydroxyl groups excluding tert-OH is 2. The van der Waals surface area contributed by atoms with Crippen LogP contribution in [0.4, 0.5) is 0 Å². The van der Waals surface area contributed by atoms with Crippen LogP contribution < -0.4 is 5.32 Å². The highest BCUT2D eigenvalue weighted by Gasteiger charge is 2.20. The van der Waals surface area contributed by atoms with E-state index >= 15 is 0 Å². The summed E-state index contributed by atoms with van der Waals surface area (Å²) in [5.41, 5.74) is 0. The first kappa shape index (κ1) is 55.4. The minimum absolute atomic E-state index is 0.0229. The van der Waals surface area contributed by atoms with Gasteiger partial charge in [0.15, 0.2) is 0 Å². The third-order valence-corrected chi connectivity index (χ3v) is 12.6. The minimum atomic E-state index is -0.654. The van der Waals surface area contributed by atoms with Gasteiger partial charge in [-0.25, -0.2) is 0 Å². The monoisotopic (exact) mass is 792 g/mol. The van der Waals surface area contributed by atoms with Crippen LogP contribution in [0, 0.1) is 0 Å². The molecule has 0 spiro atoms. The number of rotatable bonds is 49. The SMILES string of the molecule is CCCCCCCCCCCCCCCCCCCCCCCCCC(O)C(CO)NC(=O)CCCCCCCCCCCCCCCCCCCCCCC. The number of hydrogen-bond donors (Lipinski definition) is 3. The van der Waals surface area contributed by atoms with Crippen LogP contribution in [0.1, 0.15) is 309 Å². The van der Waals surface area contributed by atoms with Gasteiger partial charge in [-0.1, -0.05) is 290 Å². The van der Waals surface area contributed by atoms with Gasteiger partial charge in [-0.3, -0.25) is 4.79 Å². The fourth-order valence-corrected chi connectivity index (χ4v) is 8.60. The van der Waals surface area contributed by atoms with Gasteiger partial charge in [0.05, 0.1) is 18.8 Å². The molecule has 0 aliphatic rings. The summed E-state index contributed by atoms with van der Waals surface area (Å²) < 4.78 is 0. The minimum Gasteiger partial charge on any atom is -0.394 e. The van der Waals surface area contributed by atoms with Gasteiger partial charge in [0.2, 0.25) is 5.91 Å². The quantitative estimate of drug-likeness (QED) is 0.0538. The van der Waals surface area contributed by atoms with E-state index in [-0.39, 0.29) is 12.5 Å². The predicted octanol–water partition coefficient (Wildman–Crippen LogP) is 16.8. The molecule has 2 unspecified atom stereocenters. The number of unbranched alkanes of at least 4 members (excludes halogenated alkanes) is 42. The molecule has 3 N–H and O–H groups in total. The van der Waals surface area contributed by atoms with Gasteiger partial charge in [0.1, 0.15) is 0 Å². The lowest BCUT2D eigenvalue weighted by atomic mass is 10.0. The maximum atomic E-state index is 12.5. The first-order valence-electron chi connectivity index (χ1n) is 26.2. The fourth-order valence-electron chi connectivity index (χ4n) is 8.60. The van der Waals surface area contributed by atoms with Gasteiger partial charge in [-0.15, -0.1) is 0 Å². The van der Waals surface area contributed by atoms with Crippen molar-refractivity contribution in [3.63, 3.8) is 0 Å². The summed E-state index contributed by atoms with van der Waals surface area (Å²) in [6.45, 7) is 4.40. The van der Waals surface area contributed by atoms with Gasteiger partial charge in [-0.05, 0) is 12.8 Å². The van der Waals surface area contributed by atoms with Crippen molar-refractivity contribution in [1.29, 1.82) is 0 Å². The Morgan fingerprint density at radius 3 is 0.804 bits per heavy atom. The van der Waals surface area contributed by atoms with Crippen LogP contribution in [0.25, 0.3) is 0 Å². The van der Waals surface area contributed by atoms with E-state index in [0.29, 0.717) is 12.8 Å². The molecule has 0 bridgehead atoms. The molecule has 4 heteroatoms. The van der Waals surface area contributed by atoms with Crippen molar-refractivity contribution in [2.75, 3.05) is 6.61 Å². The summed E-state index contributed by atoms with van der Waals surface area (Å²) >= 11 is 0. The molecule has 0 aliphatic carbocycles. The van der Waals surface area contributed by atoms with Gasteiger partial charge in [0.25, 0.3) is 0 Å². The van der Waals surface area contributed by atoms with Crippen LogP contribution in [0.5, 0.6) is 0 Å². The second-order valence-electron chi connectivity index (χ2n) is 18.3. The van der Waals surface area contributed by atoms with Crippen LogP contribution in [0.2, 0.25) is 0 Å². The van der Waals surface area contributed by atoms with E-state index in [4.69, 9.17) is 0 Å². The largest absolute Gasteiger partial charge is 0.394 e. The van der Waals surface area contributed by atoms with Gasteiger partial charge in [0, 0.05) is 6.42 Å². The molecule has 56 heavy (non-hydrogen) atoms. The smallest absolute Gasteiger partial charge is 0.220 e. The molecular formula is C52H105NO3. The molecule has 336 valence electrons. The zero-order valence-corrected chi connectivity index (χ0v) is 38.7. The molecule has 0 saturated carbocycles. The maximum Gasteiger partial charge on any atom is 0.220 e. The van der Waals surface area contributed by atoms with Crippen molar-refractivity contribution in [2.45, 2.75) is 321 Å². The zero-order valence-electron chi connectivity index (χ0n) is 38.7. The van der Waals surface area contributed by atoms with Crippen molar-refractivity contribution in [3.05, 3.63) is 0 Å². The molecule has 0 aliphatic heterocycles. The molecule has 1 amide bonds. The highest BCUT2D eigenvalue weighted by atomic mass is 16.3. The topological polar surface area (TPSA) is 69.6 Å². The lowest BCUT2D eigenvalue weighted by Gasteiger charge is -2.22. The average Bonchev–Trinajstić information content (AvgIpc) is 3.20. The zero-order chi connectivity index (χ0) is 40.7. The second kappa shape index (κ2) is 48.8. The molecule has 0 fully saturated rings. The van der Waals surface area contributed by atoms with E-state index in [1.807, 2.05) is 0 Å². The molecule has 2 atom stereocenters. The number of carbonyl (C=O) groups excluding carboxylic acids is 1. The lowest BCUT2D eigenvalue weighted by molar-refractivity contribution is -0.123. The summed E-state index contributed by atoms with van der Waals surface area (Å²) in [4.78, 5) is 12.5. The Kier molecular flexibility index (Phi) is 48.2. The number of nitrogens with one attached hydrogen (secondary N) is 1. The van der Waals surface area contributed by atoms with Crippen LogP contribution in [-0.2, 0) is 4.79 Å². The Morgan fingerprint density at radius 2 is 0.571 bits per heavy atom. The van der Waals surface area contributed by atoms with Crippen LogP contribution in [0.15, 0.2) is 0 Å². The highest BCUT2D eigenvalue weighted by Crippen LogP contribution is 2.18. The number of amides is 1. The molecule has 0 saturated heterocycles. The van der Waals surface area contributed by atoms with Crippen LogP contribution in [-0.4, -0.2) is 34.9 Å². The number of carbonyl (C=O) groups is 1. The number of aliphatic hydroxyl groups is 2. The van der Waals surface area contributed by atoms with E-state index in [9.17, 15) is 15.0 Å². The average molecular weight is 792 g/mol. The highest BCUT2D eigenvalue weighted by molar-refractivity contribution is 5.76. The van der Waals surface area contributed by atoms with E-state index < -0.39 is 12.1 Å². The third-order valence-electron chi connectivity index (χ3n) is 12.6. The molecule has 0 aromatic rings. The first-order chi connectivity index (χ1) is 27.7. The Labute approximate surface area is 353 Å². The normalized spacial score (nSPS) is 12.7. The van der Waals surface area contributed by atoms with E-state index in [1.165, 1.54) is 257 Å². The molecular weight excluding hydrogens is 687 g/mol. The van der Waals surface area contributed by atoms with Gasteiger partial charge in [-0.2, -0.15) is 0 Å². The third kappa shape index (κ3) is 44.5. The Balaban J connectivity index is 3.42. The molecule has 4 nitrogen and oxygen atoms in total. The van der Waals surface area contributed by atoms with E-state index in [2.05, 4.69) is 19.2 Å². The van der Waals surface area contributed by atoms with Crippen LogP contribution in [0.3, 0.4) is 0 Å². The van der Waals surface area contributed by atoms with Crippen molar-refractivity contribution in [2.24, 2.45) is 0 Å². The Hall–Kier alpha value is -0.610. The van der Waals surface area contributed by atoms with E-state index in [1.54, 1.807) is 0 Å². The van der Waals surface area contributed by atoms with Gasteiger partial charge < -0.3 is 15.5 Å². The molecule has 0 rings (SSSR count). The van der Waals surface area contributed by atoms with Crippen molar-refractivity contribution in [1.82, 2.24) is 5.32 Å². The summed E-state index contributed by atoms with van der Waals surface area (Å²) in [5, 5.41) is 23.3. The Morgan fingerprint density at radius 1 is 0.357 bits per heavy atom. The molecule has 0 heterocycles. The lowest BCUT2D eigenvalue weighted by Crippen LogP contribution is -2.45. The van der Waals surface area contributed by atoms with Gasteiger partial charge >= 0.3 is 0 Å². The summed E-state index contributed by atoms with van der Waals surface area (Å²) in [5.74, 6) is -0.0229. The van der Waals surface area contributed by atoms with Crippen LogP contribution >= 0.6 is 0 Å². The fraction of sp³-hybridized carbons (Fsp3) is 0.981. The molecule has 0 aromatic carbocycles.